The van der Waals surface area contributed by atoms with Crippen LogP contribution in [-0.4, -0.2) is 42.1 Å². The summed E-state index contributed by atoms with van der Waals surface area (Å²) in [5.74, 6) is 0.359. The molecule has 1 aliphatic rings. The van der Waals surface area contributed by atoms with Crippen molar-refractivity contribution in [3.63, 3.8) is 0 Å². The van der Waals surface area contributed by atoms with E-state index >= 15 is 0 Å². The van der Waals surface area contributed by atoms with Gasteiger partial charge in [-0.1, -0.05) is 33.8 Å². The number of methoxy groups -OCH3 is 1. The first-order valence-electron chi connectivity index (χ1n) is 11.2. The highest BCUT2D eigenvalue weighted by Crippen LogP contribution is 2.33. The molecule has 1 fully saturated rings. The molecule has 0 aliphatic carbocycles. The maximum atomic E-state index is 12.1. The Hall–Kier alpha value is -2.71. The van der Waals surface area contributed by atoms with Gasteiger partial charge in [0.15, 0.2) is 0 Å². The lowest BCUT2D eigenvalue weighted by Crippen LogP contribution is -2.43. The van der Waals surface area contributed by atoms with Gasteiger partial charge in [-0.15, -0.1) is 0 Å². The topological polar surface area (TPSA) is 119 Å². The molecule has 32 heavy (non-hydrogen) atoms. The van der Waals surface area contributed by atoms with Crippen molar-refractivity contribution >= 4 is 23.4 Å². The summed E-state index contributed by atoms with van der Waals surface area (Å²) >= 11 is 0. The number of carbonyl (C=O) groups is 1. The molecular weight excluding hydrogens is 404 g/mol. The molecule has 1 saturated heterocycles. The highest BCUT2D eigenvalue weighted by Gasteiger charge is 2.23. The lowest BCUT2D eigenvalue weighted by Gasteiger charge is -2.31. The lowest BCUT2D eigenvalue weighted by atomic mass is 9.85. The fourth-order valence-electron chi connectivity index (χ4n) is 4.01. The smallest absolute Gasteiger partial charge is 0.254 e. The van der Waals surface area contributed by atoms with E-state index in [-0.39, 0.29) is 23.1 Å². The van der Waals surface area contributed by atoms with Gasteiger partial charge in [0.1, 0.15) is 11.4 Å². The minimum absolute atomic E-state index is 0.0238. The van der Waals surface area contributed by atoms with Gasteiger partial charge in [-0.2, -0.15) is 4.98 Å². The maximum Gasteiger partial charge on any atom is 0.254 e. The summed E-state index contributed by atoms with van der Waals surface area (Å²) in [6.07, 6.45) is 4.29. The van der Waals surface area contributed by atoms with E-state index in [4.69, 9.17) is 16.2 Å². The van der Waals surface area contributed by atoms with E-state index in [9.17, 15) is 4.79 Å². The molecular formula is C24H36N6O2. The molecule has 1 aromatic heterocycles. The number of anilines is 3. The number of nitrogens with zero attached hydrogens (tertiary/aromatic N) is 3. The van der Waals surface area contributed by atoms with Crippen molar-refractivity contribution in [1.29, 1.82) is 0 Å². The van der Waals surface area contributed by atoms with Crippen LogP contribution in [0.5, 0.6) is 0 Å². The number of benzene rings is 1. The number of amides is 1. The SMILES string of the molecule is CCC(OC)c1cc(Nc2nc(N3CCCC(N)C3)ncc2C(N)=O)cc(C(C)(C)C)c1. The van der Waals surface area contributed by atoms with Crippen molar-refractivity contribution < 1.29 is 9.53 Å². The second-order valence-electron chi connectivity index (χ2n) is 9.50. The van der Waals surface area contributed by atoms with Crippen LogP contribution in [0, 0.1) is 0 Å². The van der Waals surface area contributed by atoms with Gasteiger partial charge in [0.25, 0.3) is 5.91 Å². The number of nitrogens with one attached hydrogen (secondary N) is 1. The fourth-order valence-corrected chi connectivity index (χ4v) is 4.01. The molecule has 2 unspecified atom stereocenters. The fraction of sp³-hybridized carbons (Fsp3) is 0.542. The molecule has 2 atom stereocenters. The van der Waals surface area contributed by atoms with Crippen LogP contribution in [0.25, 0.3) is 0 Å². The highest BCUT2D eigenvalue weighted by molar-refractivity contribution is 5.98. The Morgan fingerprint density at radius 2 is 2.09 bits per heavy atom. The number of rotatable bonds is 7. The van der Waals surface area contributed by atoms with Crippen molar-refractivity contribution in [1.82, 2.24) is 9.97 Å². The summed E-state index contributed by atoms with van der Waals surface area (Å²) in [5, 5.41) is 3.34. The van der Waals surface area contributed by atoms with Crippen LogP contribution >= 0.6 is 0 Å². The highest BCUT2D eigenvalue weighted by atomic mass is 16.5. The molecule has 174 valence electrons. The summed E-state index contributed by atoms with van der Waals surface area (Å²) in [6.45, 7) is 10.1. The van der Waals surface area contributed by atoms with Gasteiger partial charge in [-0.05, 0) is 47.9 Å². The molecule has 1 amide bonds. The van der Waals surface area contributed by atoms with E-state index in [2.05, 4.69) is 60.0 Å². The number of nitrogens with two attached hydrogens (primary N) is 2. The summed E-state index contributed by atoms with van der Waals surface area (Å²) in [5.41, 5.74) is 15.0. The predicted octanol–water partition coefficient (Wildman–Crippen LogP) is 3.64. The molecule has 1 aromatic carbocycles. The first kappa shape index (κ1) is 23.9. The Kier molecular flexibility index (Phi) is 7.36. The Morgan fingerprint density at radius 1 is 1.34 bits per heavy atom. The molecule has 0 bridgehead atoms. The van der Waals surface area contributed by atoms with E-state index in [0.717, 1.165) is 42.6 Å². The average Bonchev–Trinajstić information content (AvgIpc) is 2.73. The number of carbonyl (C=O) groups excluding carboxylic acids is 1. The first-order valence-corrected chi connectivity index (χ1v) is 11.2. The quantitative estimate of drug-likeness (QED) is 0.601. The number of piperidine rings is 1. The van der Waals surface area contributed by atoms with Crippen LogP contribution in [0.4, 0.5) is 17.5 Å². The van der Waals surface area contributed by atoms with Gasteiger partial charge in [0.2, 0.25) is 5.95 Å². The zero-order valence-corrected chi connectivity index (χ0v) is 19.8. The van der Waals surface area contributed by atoms with E-state index < -0.39 is 5.91 Å². The minimum atomic E-state index is -0.579. The Morgan fingerprint density at radius 3 is 2.69 bits per heavy atom. The van der Waals surface area contributed by atoms with E-state index in [1.807, 2.05) is 6.07 Å². The molecule has 0 saturated carbocycles. The first-order chi connectivity index (χ1) is 15.1. The molecule has 0 spiro atoms. The molecule has 8 heteroatoms. The Balaban J connectivity index is 2.03. The third-order valence-corrected chi connectivity index (χ3v) is 5.89. The second-order valence-corrected chi connectivity index (χ2v) is 9.50. The van der Waals surface area contributed by atoms with Crippen molar-refractivity contribution in [2.24, 2.45) is 11.5 Å². The predicted molar refractivity (Wildman–Crippen MR) is 128 cm³/mol. The molecule has 0 radical (unpaired) electrons. The summed E-state index contributed by atoms with van der Waals surface area (Å²) < 4.78 is 5.68. The molecule has 8 nitrogen and oxygen atoms in total. The summed E-state index contributed by atoms with van der Waals surface area (Å²) in [7, 11) is 1.72. The van der Waals surface area contributed by atoms with Gasteiger partial charge >= 0.3 is 0 Å². The number of hydrogen-bond acceptors (Lipinski definition) is 7. The van der Waals surface area contributed by atoms with Crippen molar-refractivity contribution in [2.45, 2.75) is 64.5 Å². The van der Waals surface area contributed by atoms with Crippen LogP contribution in [0.3, 0.4) is 0 Å². The molecule has 2 aromatic rings. The normalized spacial score (nSPS) is 17.8. The monoisotopic (exact) mass is 440 g/mol. The Labute approximate surface area is 190 Å². The standard InChI is InChI=1S/C24H36N6O2/c1-6-20(32-5)15-10-16(24(2,3)4)12-18(11-15)28-22-19(21(26)31)13-27-23(29-22)30-9-7-8-17(25)14-30/h10-13,17,20H,6-9,14,25H2,1-5H3,(H2,26,31)(H,27,28,29). The Bertz CT molecular complexity index is 952. The third kappa shape index (κ3) is 5.55. The maximum absolute atomic E-state index is 12.1. The van der Waals surface area contributed by atoms with Crippen LogP contribution < -0.4 is 21.7 Å². The number of primary amides is 1. The average molecular weight is 441 g/mol. The lowest BCUT2D eigenvalue weighted by molar-refractivity contribution is 0.0997. The van der Waals surface area contributed by atoms with Crippen molar-refractivity contribution in [3.05, 3.63) is 41.1 Å². The van der Waals surface area contributed by atoms with Crippen LogP contribution in [0.1, 0.15) is 74.5 Å². The number of ether oxygens (including phenoxy) is 1. The van der Waals surface area contributed by atoms with Crippen LogP contribution in [0.15, 0.2) is 24.4 Å². The van der Waals surface area contributed by atoms with Gasteiger partial charge < -0.3 is 26.4 Å². The van der Waals surface area contributed by atoms with Crippen LogP contribution in [0.2, 0.25) is 0 Å². The minimum Gasteiger partial charge on any atom is -0.377 e. The van der Waals surface area contributed by atoms with E-state index in [0.29, 0.717) is 18.3 Å². The van der Waals surface area contributed by atoms with E-state index in [1.54, 1.807) is 7.11 Å². The van der Waals surface area contributed by atoms with Crippen molar-refractivity contribution in [3.8, 4) is 0 Å². The molecule has 3 rings (SSSR count). The molecule has 2 heterocycles. The summed E-state index contributed by atoms with van der Waals surface area (Å²) in [6, 6.07) is 6.38. The largest absolute Gasteiger partial charge is 0.377 e. The number of aromatic nitrogens is 2. The number of hydrogen-bond donors (Lipinski definition) is 3. The molecule has 5 N–H and O–H groups in total. The van der Waals surface area contributed by atoms with Crippen molar-refractivity contribution in [2.75, 3.05) is 30.4 Å². The third-order valence-electron chi connectivity index (χ3n) is 5.89. The molecule has 1 aliphatic heterocycles. The second kappa shape index (κ2) is 9.83. The van der Waals surface area contributed by atoms with Gasteiger partial charge in [-0.25, -0.2) is 4.98 Å². The zero-order chi connectivity index (χ0) is 23.5. The van der Waals surface area contributed by atoms with Gasteiger partial charge in [0, 0.05) is 38.1 Å². The van der Waals surface area contributed by atoms with Gasteiger partial charge in [-0.3, -0.25) is 4.79 Å². The van der Waals surface area contributed by atoms with Gasteiger partial charge in [0.05, 0.1) is 6.10 Å². The van der Waals surface area contributed by atoms with E-state index in [1.165, 1.54) is 6.20 Å². The zero-order valence-electron chi connectivity index (χ0n) is 19.8. The van der Waals surface area contributed by atoms with Crippen LogP contribution in [-0.2, 0) is 10.2 Å². The summed E-state index contributed by atoms with van der Waals surface area (Å²) in [4.78, 5) is 23.2.